The Morgan fingerprint density at radius 3 is 2.38 bits per heavy atom. The number of morpholine rings is 1. The van der Waals surface area contributed by atoms with Crippen LogP contribution in [-0.4, -0.2) is 66.2 Å². The maximum Gasteiger partial charge on any atom is 0.238 e. The molecular weight excluding hydrogens is 566 g/mol. The van der Waals surface area contributed by atoms with Gasteiger partial charge in [0.2, 0.25) is 11.8 Å². The number of pyridine rings is 1. The average molecular weight is 605 g/mol. The summed E-state index contributed by atoms with van der Waals surface area (Å²) in [6.45, 7) is 3.38. The minimum atomic E-state index is -0.281. The first-order valence-electron chi connectivity index (χ1n) is 14.8. The van der Waals surface area contributed by atoms with Crippen molar-refractivity contribution in [1.82, 2.24) is 14.8 Å². The lowest BCUT2D eigenvalue weighted by Crippen LogP contribution is -2.63. The van der Waals surface area contributed by atoms with E-state index in [0.717, 1.165) is 58.9 Å². The third-order valence-electron chi connectivity index (χ3n) is 9.88. The van der Waals surface area contributed by atoms with Gasteiger partial charge < -0.3 is 14.4 Å². The van der Waals surface area contributed by atoms with E-state index in [1.54, 1.807) is 7.11 Å². The van der Waals surface area contributed by atoms with Gasteiger partial charge in [-0.1, -0.05) is 46.3 Å². The van der Waals surface area contributed by atoms with E-state index in [-0.39, 0.29) is 17.5 Å². The summed E-state index contributed by atoms with van der Waals surface area (Å²) in [6, 6.07) is 18.6. The van der Waals surface area contributed by atoms with Crippen LogP contribution in [-0.2, 0) is 9.53 Å². The van der Waals surface area contributed by atoms with Crippen LogP contribution in [0.2, 0.25) is 0 Å². The van der Waals surface area contributed by atoms with E-state index in [1.807, 2.05) is 12.1 Å². The van der Waals surface area contributed by atoms with Gasteiger partial charge in [0.1, 0.15) is 0 Å². The standard InChI is InChI=1S/C33H38BrN3O3/c1-39-32-28(17-26-16-27(34)7-8-29(26)35-32)31(25-5-3-2-4-6-25)37(30(38)21-36-9-11-40-12-10-36)33-18-22-13-23(19-33)15-24(14-22)20-33/h2-8,16-17,22-24,31H,9-15,18-21H2,1H3. The molecular formula is C33H38BrN3O3. The fourth-order valence-electron chi connectivity index (χ4n) is 8.68. The van der Waals surface area contributed by atoms with Crippen molar-refractivity contribution in [2.75, 3.05) is 40.0 Å². The van der Waals surface area contributed by atoms with Gasteiger partial charge in [0, 0.05) is 34.1 Å². The number of hydrogen-bond donors (Lipinski definition) is 0. The third kappa shape index (κ3) is 4.84. The number of fused-ring (bicyclic) bond motifs is 1. The number of ether oxygens (including phenoxy) is 2. The highest BCUT2D eigenvalue weighted by molar-refractivity contribution is 9.10. The van der Waals surface area contributed by atoms with Crippen molar-refractivity contribution in [3.63, 3.8) is 0 Å². The molecule has 2 aromatic carbocycles. The molecule has 0 N–H and O–H groups in total. The molecule has 1 unspecified atom stereocenters. The van der Waals surface area contributed by atoms with Gasteiger partial charge in [-0.05, 0) is 86.1 Å². The van der Waals surface area contributed by atoms with E-state index in [2.05, 4.69) is 68.2 Å². The highest BCUT2D eigenvalue weighted by Crippen LogP contribution is 2.60. The first kappa shape index (κ1) is 26.4. The molecule has 3 aromatic rings. The Labute approximate surface area is 245 Å². The summed E-state index contributed by atoms with van der Waals surface area (Å²) in [5.74, 6) is 2.96. The number of halogens is 1. The Morgan fingerprint density at radius 2 is 1.73 bits per heavy atom. The average Bonchev–Trinajstić information content (AvgIpc) is 2.95. The fourth-order valence-corrected chi connectivity index (χ4v) is 9.06. The second-order valence-electron chi connectivity index (χ2n) is 12.5. The predicted molar refractivity (Wildman–Crippen MR) is 159 cm³/mol. The molecule has 5 fully saturated rings. The molecule has 40 heavy (non-hydrogen) atoms. The first-order valence-corrected chi connectivity index (χ1v) is 15.6. The smallest absolute Gasteiger partial charge is 0.238 e. The lowest BCUT2D eigenvalue weighted by Gasteiger charge is -2.62. The molecule has 2 heterocycles. The fraction of sp³-hybridized carbons (Fsp3) is 0.515. The zero-order valence-corrected chi connectivity index (χ0v) is 24.8. The highest BCUT2D eigenvalue weighted by atomic mass is 79.9. The summed E-state index contributed by atoms with van der Waals surface area (Å²) in [5, 5.41) is 1.04. The SMILES string of the molecule is COc1nc2ccc(Br)cc2cc1C(c1ccccc1)N(C(=O)CN1CCOCC1)C12CC3CC(CC(C3)C1)C2. The van der Waals surface area contributed by atoms with E-state index >= 15 is 0 Å². The quantitative estimate of drug-likeness (QED) is 0.321. The minimum Gasteiger partial charge on any atom is -0.481 e. The summed E-state index contributed by atoms with van der Waals surface area (Å²) in [5.41, 5.74) is 2.82. The van der Waals surface area contributed by atoms with Crippen molar-refractivity contribution in [3.8, 4) is 5.88 Å². The molecule has 1 aromatic heterocycles. The van der Waals surface area contributed by atoms with Gasteiger partial charge >= 0.3 is 0 Å². The van der Waals surface area contributed by atoms with E-state index in [9.17, 15) is 4.79 Å². The van der Waals surface area contributed by atoms with Crippen molar-refractivity contribution in [2.24, 2.45) is 17.8 Å². The van der Waals surface area contributed by atoms with E-state index < -0.39 is 0 Å². The van der Waals surface area contributed by atoms with Crippen LogP contribution >= 0.6 is 15.9 Å². The van der Waals surface area contributed by atoms with Crippen molar-refractivity contribution in [3.05, 3.63) is 70.2 Å². The summed E-state index contributed by atoms with van der Waals surface area (Å²) in [6.07, 6.45) is 7.30. The molecule has 0 radical (unpaired) electrons. The topological polar surface area (TPSA) is 54.9 Å². The van der Waals surface area contributed by atoms with Gasteiger partial charge in [-0.2, -0.15) is 0 Å². The minimum absolute atomic E-state index is 0.143. The molecule has 1 atom stereocenters. The number of rotatable bonds is 7. The largest absolute Gasteiger partial charge is 0.481 e. The van der Waals surface area contributed by atoms with Crippen LogP contribution in [0.25, 0.3) is 10.9 Å². The van der Waals surface area contributed by atoms with Crippen LogP contribution in [0, 0.1) is 17.8 Å². The Bertz CT molecular complexity index is 1360. The van der Waals surface area contributed by atoms with Gasteiger partial charge in [0.15, 0.2) is 0 Å². The number of carbonyl (C=O) groups excluding carboxylic acids is 1. The number of nitrogens with zero attached hydrogens (tertiary/aromatic N) is 3. The summed E-state index contributed by atoms with van der Waals surface area (Å²) in [4.78, 5) is 24.4. The summed E-state index contributed by atoms with van der Waals surface area (Å²) >= 11 is 3.65. The van der Waals surface area contributed by atoms with Crippen LogP contribution < -0.4 is 4.74 Å². The molecule has 1 amide bonds. The molecule has 7 heteroatoms. The lowest BCUT2D eigenvalue weighted by molar-refractivity contribution is -0.157. The van der Waals surface area contributed by atoms with E-state index in [0.29, 0.717) is 43.4 Å². The maximum absolute atomic E-state index is 14.8. The number of methoxy groups -OCH3 is 1. The second-order valence-corrected chi connectivity index (χ2v) is 13.4. The Balaban J connectivity index is 1.41. The zero-order valence-electron chi connectivity index (χ0n) is 23.2. The van der Waals surface area contributed by atoms with Crippen LogP contribution in [0.4, 0.5) is 0 Å². The monoisotopic (exact) mass is 603 g/mol. The molecule has 8 rings (SSSR count). The lowest BCUT2D eigenvalue weighted by atomic mass is 9.52. The normalized spacial score (nSPS) is 28.5. The van der Waals surface area contributed by atoms with Crippen molar-refractivity contribution < 1.29 is 14.3 Å². The van der Waals surface area contributed by atoms with Crippen molar-refractivity contribution >= 4 is 32.7 Å². The maximum atomic E-state index is 14.8. The Hall–Kier alpha value is -2.48. The predicted octanol–water partition coefficient (Wildman–Crippen LogP) is 6.22. The number of carbonyl (C=O) groups is 1. The van der Waals surface area contributed by atoms with Gasteiger partial charge in [0.05, 0.1) is 38.4 Å². The summed E-state index contributed by atoms with van der Waals surface area (Å²) < 4.78 is 12.6. The molecule has 6 nitrogen and oxygen atoms in total. The third-order valence-corrected chi connectivity index (χ3v) is 10.4. The van der Waals surface area contributed by atoms with Crippen LogP contribution in [0.15, 0.2) is 59.1 Å². The Morgan fingerprint density at radius 1 is 1.05 bits per heavy atom. The molecule has 1 aliphatic heterocycles. The number of benzene rings is 2. The molecule has 4 saturated carbocycles. The summed E-state index contributed by atoms with van der Waals surface area (Å²) in [7, 11) is 1.70. The molecule has 5 aliphatic rings. The van der Waals surface area contributed by atoms with Crippen molar-refractivity contribution in [2.45, 2.75) is 50.1 Å². The van der Waals surface area contributed by atoms with E-state index in [1.165, 1.54) is 19.3 Å². The Kier molecular flexibility index (Phi) is 7.09. The van der Waals surface area contributed by atoms with E-state index in [4.69, 9.17) is 14.5 Å². The molecule has 4 aliphatic carbocycles. The molecule has 4 bridgehead atoms. The highest BCUT2D eigenvalue weighted by Gasteiger charge is 2.56. The molecule has 1 saturated heterocycles. The molecule has 0 spiro atoms. The van der Waals surface area contributed by atoms with Crippen molar-refractivity contribution in [1.29, 1.82) is 0 Å². The first-order chi connectivity index (χ1) is 19.5. The number of hydrogen-bond acceptors (Lipinski definition) is 5. The second kappa shape index (κ2) is 10.7. The van der Waals surface area contributed by atoms with Crippen LogP contribution in [0.3, 0.4) is 0 Å². The zero-order chi connectivity index (χ0) is 27.3. The number of aromatic nitrogens is 1. The van der Waals surface area contributed by atoms with Crippen LogP contribution in [0.1, 0.15) is 55.7 Å². The van der Waals surface area contributed by atoms with Gasteiger partial charge in [0.25, 0.3) is 0 Å². The molecule has 210 valence electrons. The van der Waals surface area contributed by atoms with Gasteiger partial charge in [-0.3, -0.25) is 9.69 Å². The van der Waals surface area contributed by atoms with Crippen LogP contribution in [0.5, 0.6) is 5.88 Å². The van der Waals surface area contributed by atoms with Gasteiger partial charge in [-0.15, -0.1) is 0 Å². The van der Waals surface area contributed by atoms with Gasteiger partial charge in [-0.25, -0.2) is 4.98 Å². The number of amides is 1.